The zero-order valence-electron chi connectivity index (χ0n) is 9.44. The summed E-state index contributed by atoms with van der Waals surface area (Å²) in [5, 5.41) is 0. The first-order valence-electron chi connectivity index (χ1n) is 5.25. The van der Waals surface area contributed by atoms with Gasteiger partial charge >= 0.3 is 0 Å². The highest BCUT2D eigenvalue weighted by Crippen LogP contribution is 2.34. The Hall–Kier alpha value is -1.22. The maximum Gasteiger partial charge on any atom is 0.228 e. The molecule has 1 saturated heterocycles. The van der Waals surface area contributed by atoms with Crippen molar-refractivity contribution in [2.24, 2.45) is 5.92 Å². The van der Waals surface area contributed by atoms with Gasteiger partial charge in [-0.05, 0) is 40.8 Å². The summed E-state index contributed by atoms with van der Waals surface area (Å²) < 4.78 is 6.35. The molecule has 88 valence electrons. The van der Waals surface area contributed by atoms with E-state index in [-0.39, 0.29) is 11.8 Å². The van der Waals surface area contributed by atoms with Crippen LogP contribution in [-0.2, 0) is 4.79 Å². The Morgan fingerprint density at radius 3 is 2.94 bits per heavy atom. The van der Waals surface area contributed by atoms with E-state index >= 15 is 0 Å². The summed E-state index contributed by atoms with van der Waals surface area (Å²) in [6, 6.07) is 5.76. The number of methoxy groups -OCH3 is 1. The molecule has 0 saturated carbocycles. The van der Waals surface area contributed by atoms with Crippen molar-refractivity contribution in [1.82, 2.24) is 0 Å². The van der Waals surface area contributed by atoms with E-state index in [0.717, 1.165) is 9.26 Å². The lowest BCUT2D eigenvalue weighted by molar-refractivity contribution is -0.117. The number of halogens is 1. The minimum absolute atomic E-state index is 0.00470. The van der Waals surface area contributed by atoms with Crippen molar-refractivity contribution < 1.29 is 9.53 Å². The number of amides is 1. The van der Waals surface area contributed by atoms with E-state index in [0.29, 0.717) is 18.7 Å². The summed E-state index contributed by atoms with van der Waals surface area (Å²) in [5.41, 5.74) is 0.808. The highest BCUT2D eigenvalue weighted by atomic mass is 127. The number of hydrogen-bond donors (Lipinski definition) is 0. The first-order valence-corrected chi connectivity index (χ1v) is 6.33. The van der Waals surface area contributed by atoms with Gasteiger partial charge in [0.15, 0.2) is 0 Å². The first-order chi connectivity index (χ1) is 8.15. The van der Waals surface area contributed by atoms with Crippen LogP contribution in [-0.4, -0.2) is 19.6 Å². The lowest BCUT2D eigenvalue weighted by Crippen LogP contribution is -2.25. The average molecular weight is 341 g/mol. The van der Waals surface area contributed by atoms with E-state index in [2.05, 4.69) is 28.5 Å². The molecule has 1 heterocycles. The predicted molar refractivity (Wildman–Crippen MR) is 75.0 cm³/mol. The van der Waals surface area contributed by atoms with Gasteiger partial charge in [-0.25, -0.2) is 0 Å². The summed E-state index contributed by atoms with van der Waals surface area (Å²) in [6.07, 6.45) is 5.80. The second-order valence-corrected chi connectivity index (χ2v) is 5.13. The summed E-state index contributed by atoms with van der Waals surface area (Å²) >= 11 is 2.21. The van der Waals surface area contributed by atoms with Gasteiger partial charge in [0, 0.05) is 22.5 Å². The van der Waals surface area contributed by atoms with Crippen molar-refractivity contribution in [3.8, 4) is 18.1 Å². The number of carbonyl (C=O) groups excluding carboxylic acids is 1. The third-order valence-electron chi connectivity index (χ3n) is 2.79. The fourth-order valence-corrected chi connectivity index (χ4v) is 2.40. The van der Waals surface area contributed by atoms with Gasteiger partial charge < -0.3 is 9.64 Å². The van der Waals surface area contributed by atoms with Crippen LogP contribution in [0.3, 0.4) is 0 Å². The molecule has 0 aromatic heterocycles. The van der Waals surface area contributed by atoms with Gasteiger partial charge in [0.1, 0.15) is 5.75 Å². The van der Waals surface area contributed by atoms with Gasteiger partial charge in [-0.1, -0.05) is 0 Å². The smallest absolute Gasteiger partial charge is 0.228 e. The Balaban J connectivity index is 2.37. The molecule has 2 rings (SSSR count). The second kappa shape index (κ2) is 4.96. The zero-order valence-corrected chi connectivity index (χ0v) is 11.6. The Bertz CT molecular complexity index is 493. The molecule has 1 aliphatic rings. The van der Waals surface area contributed by atoms with E-state index in [1.54, 1.807) is 12.0 Å². The third kappa shape index (κ3) is 2.39. The largest absolute Gasteiger partial charge is 0.495 e. The predicted octanol–water partition coefficient (Wildman–Crippen LogP) is 2.29. The van der Waals surface area contributed by atoms with Crippen molar-refractivity contribution in [3.05, 3.63) is 21.8 Å². The SMILES string of the molecule is C#CC1CC(=O)N(c2cc(I)ccc2OC)C1. The quantitative estimate of drug-likeness (QED) is 0.610. The molecule has 1 fully saturated rings. The number of anilines is 1. The highest BCUT2D eigenvalue weighted by molar-refractivity contribution is 14.1. The molecule has 1 atom stereocenters. The molecule has 4 heteroatoms. The molecule has 1 aliphatic heterocycles. The van der Waals surface area contributed by atoms with Crippen LogP contribution in [0.15, 0.2) is 18.2 Å². The molecule has 0 radical (unpaired) electrons. The van der Waals surface area contributed by atoms with Crippen molar-refractivity contribution in [1.29, 1.82) is 0 Å². The number of hydrogen-bond acceptors (Lipinski definition) is 2. The van der Waals surface area contributed by atoms with Gasteiger partial charge in [0.05, 0.1) is 12.8 Å². The lowest BCUT2D eigenvalue weighted by Gasteiger charge is -2.19. The molecule has 0 spiro atoms. The Kier molecular flexibility index (Phi) is 3.57. The van der Waals surface area contributed by atoms with Crippen LogP contribution in [0.5, 0.6) is 5.75 Å². The van der Waals surface area contributed by atoms with Crippen LogP contribution in [0, 0.1) is 21.8 Å². The van der Waals surface area contributed by atoms with Crippen LogP contribution in [0.1, 0.15) is 6.42 Å². The van der Waals surface area contributed by atoms with E-state index in [4.69, 9.17) is 11.2 Å². The van der Waals surface area contributed by atoms with Gasteiger partial charge in [-0.2, -0.15) is 0 Å². The number of terminal acetylenes is 1. The third-order valence-corrected chi connectivity index (χ3v) is 3.46. The number of nitrogens with zero attached hydrogens (tertiary/aromatic N) is 1. The molecule has 17 heavy (non-hydrogen) atoms. The molecular weight excluding hydrogens is 329 g/mol. The number of rotatable bonds is 2. The standard InChI is InChI=1S/C13H12INO2/c1-3-9-6-13(16)15(8-9)11-7-10(14)4-5-12(11)17-2/h1,4-5,7,9H,6,8H2,2H3. The van der Waals surface area contributed by atoms with Gasteiger partial charge in [-0.15, -0.1) is 12.3 Å². The van der Waals surface area contributed by atoms with Crippen LogP contribution in [0.4, 0.5) is 5.69 Å². The van der Waals surface area contributed by atoms with E-state index in [9.17, 15) is 4.79 Å². The molecule has 0 bridgehead atoms. The van der Waals surface area contributed by atoms with Crippen LogP contribution < -0.4 is 9.64 Å². The summed E-state index contributed by atoms with van der Waals surface area (Å²) in [4.78, 5) is 13.6. The average Bonchev–Trinajstić information content (AvgIpc) is 2.70. The van der Waals surface area contributed by atoms with Crippen molar-refractivity contribution in [2.75, 3.05) is 18.6 Å². The summed E-state index contributed by atoms with van der Waals surface area (Å²) in [5.74, 6) is 3.41. The minimum Gasteiger partial charge on any atom is -0.495 e. The van der Waals surface area contributed by atoms with E-state index in [1.165, 1.54) is 0 Å². The number of ether oxygens (including phenoxy) is 1. The Labute approximate surface area is 114 Å². The first kappa shape index (κ1) is 12.2. The maximum atomic E-state index is 11.9. The van der Waals surface area contributed by atoms with E-state index in [1.807, 2.05) is 18.2 Å². The summed E-state index contributed by atoms with van der Waals surface area (Å²) in [7, 11) is 1.60. The van der Waals surface area contributed by atoms with Gasteiger partial charge in [-0.3, -0.25) is 4.79 Å². The van der Waals surface area contributed by atoms with Gasteiger partial charge in [0.25, 0.3) is 0 Å². The molecule has 0 N–H and O–H groups in total. The van der Waals surface area contributed by atoms with Crippen molar-refractivity contribution in [2.45, 2.75) is 6.42 Å². The Morgan fingerprint density at radius 1 is 1.59 bits per heavy atom. The number of carbonyl (C=O) groups is 1. The van der Waals surface area contributed by atoms with Crippen molar-refractivity contribution in [3.63, 3.8) is 0 Å². The molecule has 1 amide bonds. The van der Waals surface area contributed by atoms with Crippen LogP contribution in [0.25, 0.3) is 0 Å². The fraction of sp³-hybridized carbons (Fsp3) is 0.308. The maximum absolute atomic E-state index is 11.9. The monoisotopic (exact) mass is 341 g/mol. The van der Waals surface area contributed by atoms with Gasteiger partial charge in [0.2, 0.25) is 5.91 Å². The molecular formula is C13H12INO2. The van der Waals surface area contributed by atoms with Crippen LogP contribution >= 0.6 is 22.6 Å². The molecule has 1 aromatic rings. The normalized spacial score (nSPS) is 19.2. The highest BCUT2D eigenvalue weighted by Gasteiger charge is 2.31. The number of benzene rings is 1. The fourth-order valence-electron chi connectivity index (χ4n) is 1.93. The molecule has 1 unspecified atom stereocenters. The second-order valence-electron chi connectivity index (χ2n) is 3.89. The topological polar surface area (TPSA) is 29.5 Å². The lowest BCUT2D eigenvalue weighted by atomic mass is 10.1. The summed E-state index contributed by atoms with van der Waals surface area (Å²) in [6.45, 7) is 0.575. The van der Waals surface area contributed by atoms with Crippen LogP contribution in [0.2, 0.25) is 0 Å². The molecule has 3 nitrogen and oxygen atoms in total. The Morgan fingerprint density at radius 2 is 2.35 bits per heavy atom. The molecule has 1 aromatic carbocycles. The minimum atomic E-state index is 0.00470. The zero-order chi connectivity index (χ0) is 12.4. The molecule has 0 aliphatic carbocycles. The van der Waals surface area contributed by atoms with Crippen molar-refractivity contribution >= 4 is 34.2 Å². The van der Waals surface area contributed by atoms with E-state index < -0.39 is 0 Å².